The summed E-state index contributed by atoms with van der Waals surface area (Å²) in [5, 5.41) is 11.2. The standard InChI is InChI=1S/C13H15N3O4/c17-12(18)5-4-10-2-1-3-11(14-10)15-13(19)16-6-8-20-9-7-16/h1-5H,6-9H2,(H,17,18)(H,14,15,19). The number of hydrogen-bond acceptors (Lipinski definition) is 4. The number of anilines is 1. The van der Waals surface area contributed by atoms with Gasteiger partial charge in [0, 0.05) is 19.2 Å². The molecular formula is C13H15N3O4. The van der Waals surface area contributed by atoms with Gasteiger partial charge in [-0.1, -0.05) is 6.07 Å². The lowest BCUT2D eigenvalue weighted by atomic mass is 10.3. The third kappa shape index (κ3) is 4.06. The van der Waals surface area contributed by atoms with E-state index in [4.69, 9.17) is 9.84 Å². The van der Waals surface area contributed by atoms with Crippen LogP contribution in [0.2, 0.25) is 0 Å². The zero-order chi connectivity index (χ0) is 14.4. The molecule has 0 aromatic carbocycles. The van der Waals surface area contributed by atoms with Gasteiger partial charge in [-0.3, -0.25) is 5.32 Å². The number of amides is 2. The Morgan fingerprint density at radius 3 is 2.80 bits per heavy atom. The highest BCUT2D eigenvalue weighted by atomic mass is 16.5. The summed E-state index contributed by atoms with van der Waals surface area (Å²) in [5.41, 5.74) is 0.465. The Kier molecular flexibility index (Phi) is 4.67. The van der Waals surface area contributed by atoms with Crippen LogP contribution in [0, 0.1) is 0 Å². The van der Waals surface area contributed by atoms with Gasteiger partial charge in [0.25, 0.3) is 0 Å². The summed E-state index contributed by atoms with van der Waals surface area (Å²) in [5.74, 6) is -0.663. The van der Waals surface area contributed by atoms with Gasteiger partial charge in [0.2, 0.25) is 0 Å². The highest BCUT2D eigenvalue weighted by Crippen LogP contribution is 2.08. The van der Waals surface area contributed by atoms with Crippen LogP contribution in [-0.2, 0) is 9.53 Å². The molecule has 2 amide bonds. The van der Waals surface area contributed by atoms with Crippen molar-refractivity contribution in [3.63, 3.8) is 0 Å². The monoisotopic (exact) mass is 277 g/mol. The van der Waals surface area contributed by atoms with E-state index in [0.29, 0.717) is 37.8 Å². The van der Waals surface area contributed by atoms with Gasteiger partial charge < -0.3 is 14.7 Å². The first-order valence-corrected chi connectivity index (χ1v) is 6.17. The van der Waals surface area contributed by atoms with Gasteiger partial charge >= 0.3 is 12.0 Å². The number of nitrogens with zero attached hydrogens (tertiary/aromatic N) is 2. The number of rotatable bonds is 3. The van der Waals surface area contributed by atoms with Crippen molar-refractivity contribution in [2.45, 2.75) is 0 Å². The summed E-state index contributed by atoms with van der Waals surface area (Å²) >= 11 is 0. The molecule has 1 aliphatic rings. The molecule has 0 spiro atoms. The topological polar surface area (TPSA) is 91.8 Å². The first kappa shape index (κ1) is 14.0. The van der Waals surface area contributed by atoms with E-state index in [9.17, 15) is 9.59 Å². The summed E-state index contributed by atoms with van der Waals surface area (Å²) in [7, 11) is 0. The molecule has 0 bridgehead atoms. The van der Waals surface area contributed by atoms with E-state index in [0.717, 1.165) is 6.08 Å². The van der Waals surface area contributed by atoms with E-state index in [1.54, 1.807) is 23.1 Å². The lowest BCUT2D eigenvalue weighted by Gasteiger charge is -2.26. The zero-order valence-electron chi connectivity index (χ0n) is 10.8. The van der Waals surface area contributed by atoms with Crippen molar-refractivity contribution in [2.24, 2.45) is 0 Å². The Morgan fingerprint density at radius 2 is 2.10 bits per heavy atom. The molecule has 0 atom stereocenters. The molecule has 1 aromatic rings. The molecule has 0 unspecified atom stereocenters. The molecule has 0 radical (unpaired) electrons. The maximum atomic E-state index is 12.0. The van der Waals surface area contributed by atoms with Crippen molar-refractivity contribution in [1.29, 1.82) is 0 Å². The minimum Gasteiger partial charge on any atom is -0.478 e. The number of nitrogens with one attached hydrogen (secondary N) is 1. The Labute approximate surface area is 115 Å². The fourth-order valence-electron chi connectivity index (χ4n) is 1.73. The second kappa shape index (κ2) is 6.67. The van der Waals surface area contributed by atoms with Crippen LogP contribution in [0.4, 0.5) is 10.6 Å². The number of carboxylic acids is 1. The first-order valence-electron chi connectivity index (χ1n) is 6.17. The van der Waals surface area contributed by atoms with Crippen molar-refractivity contribution < 1.29 is 19.4 Å². The molecule has 7 heteroatoms. The van der Waals surface area contributed by atoms with E-state index in [-0.39, 0.29) is 6.03 Å². The molecule has 2 N–H and O–H groups in total. The Bertz CT molecular complexity index is 524. The number of pyridine rings is 1. The van der Waals surface area contributed by atoms with Crippen LogP contribution in [-0.4, -0.2) is 53.3 Å². The number of aromatic nitrogens is 1. The average Bonchev–Trinajstić information content (AvgIpc) is 2.46. The summed E-state index contributed by atoms with van der Waals surface area (Å²) in [6, 6.07) is 4.77. The number of carbonyl (C=O) groups excluding carboxylic acids is 1. The van der Waals surface area contributed by atoms with Gasteiger partial charge in [0.05, 0.1) is 18.9 Å². The van der Waals surface area contributed by atoms with E-state index in [2.05, 4.69) is 10.3 Å². The van der Waals surface area contributed by atoms with Gasteiger partial charge in [0.1, 0.15) is 5.82 Å². The molecule has 20 heavy (non-hydrogen) atoms. The Balaban J connectivity index is 2.00. The van der Waals surface area contributed by atoms with Crippen molar-refractivity contribution in [2.75, 3.05) is 31.6 Å². The smallest absolute Gasteiger partial charge is 0.328 e. The summed E-state index contributed by atoms with van der Waals surface area (Å²) in [6.07, 6.45) is 2.36. The number of aliphatic carboxylic acids is 1. The second-order valence-electron chi connectivity index (χ2n) is 4.15. The van der Waals surface area contributed by atoms with Crippen LogP contribution in [0.15, 0.2) is 24.3 Å². The number of urea groups is 1. The first-order chi connectivity index (χ1) is 9.65. The van der Waals surface area contributed by atoms with Gasteiger partial charge in [0.15, 0.2) is 0 Å². The third-order valence-corrected chi connectivity index (χ3v) is 2.70. The number of ether oxygens (including phenoxy) is 1. The molecular weight excluding hydrogens is 262 g/mol. The predicted molar refractivity (Wildman–Crippen MR) is 72.3 cm³/mol. The molecule has 1 fully saturated rings. The predicted octanol–water partition coefficient (Wildman–Crippen LogP) is 1.04. The van der Waals surface area contributed by atoms with Crippen LogP contribution in [0.1, 0.15) is 5.69 Å². The molecule has 1 aromatic heterocycles. The second-order valence-corrected chi connectivity index (χ2v) is 4.15. The summed E-state index contributed by atoms with van der Waals surface area (Å²) in [6.45, 7) is 2.15. The van der Waals surface area contributed by atoms with Gasteiger partial charge in [-0.25, -0.2) is 14.6 Å². The summed E-state index contributed by atoms with van der Waals surface area (Å²) < 4.78 is 5.17. The van der Waals surface area contributed by atoms with Crippen molar-refractivity contribution >= 4 is 23.9 Å². The molecule has 0 aliphatic carbocycles. The minimum atomic E-state index is -1.05. The van der Waals surface area contributed by atoms with E-state index < -0.39 is 5.97 Å². The minimum absolute atomic E-state index is 0.236. The molecule has 1 saturated heterocycles. The molecule has 7 nitrogen and oxygen atoms in total. The van der Waals surface area contributed by atoms with Crippen LogP contribution >= 0.6 is 0 Å². The van der Waals surface area contributed by atoms with E-state index in [1.807, 2.05) is 0 Å². The maximum absolute atomic E-state index is 12.0. The number of hydrogen-bond donors (Lipinski definition) is 2. The van der Waals surface area contributed by atoms with Gasteiger partial charge in [-0.15, -0.1) is 0 Å². The fourth-order valence-corrected chi connectivity index (χ4v) is 1.73. The van der Waals surface area contributed by atoms with Crippen LogP contribution in [0.3, 0.4) is 0 Å². The van der Waals surface area contributed by atoms with Gasteiger partial charge in [-0.05, 0) is 18.2 Å². The lowest BCUT2D eigenvalue weighted by molar-refractivity contribution is -0.131. The lowest BCUT2D eigenvalue weighted by Crippen LogP contribution is -2.43. The zero-order valence-corrected chi connectivity index (χ0v) is 10.8. The number of morpholine rings is 1. The fraction of sp³-hybridized carbons (Fsp3) is 0.308. The molecule has 2 rings (SSSR count). The highest BCUT2D eigenvalue weighted by Gasteiger charge is 2.16. The number of carbonyl (C=O) groups is 2. The van der Waals surface area contributed by atoms with E-state index >= 15 is 0 Å². The Morgan fingerprint density at radius 1 is 1.35 bits per heavy atom. The molecule has 1 aliphatic heterocycles. The maximum Gasteiger partial charge on any atom is 0.328 e. The Hall–Kier alpha value is -2.41. The molecule has 0 saturated carbocycles. The normalized spacial score (nSPS) is 15.3. The van der Waals surface area contributed by atoms with Gasteiger partial charge in [-0.2, -0.15) is 0 Å². The van der Waals surface area contributed by atoms with Crippen LogP contribution < -0.4 is 5.32 Å². The van der Waals surface area contributed by atoms with Crippen molar-refractivity contribution in [3.05, 3.63) is 30.0 Å². The molecule has 2 heterocycles. The van der Waals surface area contributed by atoms with E-state index in [1.165, 1.54) is 6.08 Å². The average molecular weight is 277 g/mol. The van der Waals surface area contributed by atoms with Crippen LogP contribution in [0.5, 0.6) is 0 Å². The largest absolute Gasteiger partial charge is 0.478 e. The highest BCUT2D eigenvalue weighted by molar-refractivity contribution is 5.88. The summed E-state index contributed by atoms with van der Waals surface area (Å²) in [4.78, 5) is 28.2. The van der Waals surface area contributed by atoms with Crippen molar-refractivity contribution in [3.8, 4) is 0 Å². The quantitative estimate of drug-likeness (QED) is 0.805. The van der Waals surface area contributed by atoms with Crippen molar-refractivity contribution in [1.82, 2.24) is 9.88 Å². The SMILES string of the molecule is O=C(O)C=Cc1cccc(NC(=O)N2CCOCC2)n1. The number of carboxylic acid groups (broad SMARTS) is 1. The van der Waals surface area contributed by atoms with Crippen LogP contribution in [0.25, 0.3) is 6.08 Å². The molecule has 106 valence electrons. The third-order valence-electron chi connectivity index (χ3n) is 2.70.